The minimum atomic E-state index is -3.94. The number of halogens is 10. The summed E-state index contributed by atoms with van der Waals surface area (Å²) in [7, 11) is -3.94. The van der Waals surface area contributed by atoms with Crippen LogP contribution in [0.3, 0.4) is 0 Å². The zero-order valence-corrected chi connectivity index (χ0v) is 12.4. The van der Waals surface area contributed by atoms with Crippen molar-refractivity contribution in [2.24, 2.45) is 0 Å². The predicted octanol–water partition coefficient (Wildman–Crippen LogP) is 4.75. The summed E-state index contributed by atoms with van der Waals surface area (Å²) in [6.45, 7) is 0. The van der Waals surface area contributed by atoms with Crippen LogP contribution in [0.15, 0.2) is 0 Å². The average molecular weight is 414 g/mol. The molecule has 3 nitrogen and oxygen atoms in total. The van der Waals surface area contributed by atoms with Gasteiger partial charge in [0.05, 0.1) is 0 Å². The molecule has 0 aliphatic carbocycles. The normalized spacial score (nSPS) is 11.2. The van der Waals surface area contributed by atoms with Gasteiger partial charge in [0.2, 0.25) is 69.7 Å². The molecule has 0 spiro atoms. The molecule has 2 aromatic rings. The molecular formula is C12HF10O3P. The highest BCUT2D eigenvalue weighted by Crippen LogP contribution is 2.43. The lowest BCUT2D eigenvalue weighted by Crippen LogP contribution is -2.08. The van der Waals surface area contributed by atoms with E-state index in [-0.39, 0.29) is 0 Å². The lowest BCUT2D eigenvalue weighted by Gasteiger charge is -2.15. The van der Waals surface area contributed by atoms with E-state index in [1.165, 1.54) is 0 Å². The highest BCUT2D eigenvalue weighted by molar-refractivity contribution is 7.41. The predicted molar refractivity (Wildman–Crippen MR) is 62.9 cm³/mol. The molecule has 142 valence electrons. The monoisotopic (exact) mass is 414 g/mol. The van der Waals surface area contributed by atoms with E-state index in [2.05, 4.69) is 9.05 Å². The summed E-state index contributed by atoms with van der Waals surface area (Å²) < 4.78 is 138. The van der Waals surface area contributed by atoms with Crippen molar-refractivity contribution in [1.82, 2.24) is 0 Å². The van der Waals surface area contributed by atoms with E-state index >= 15 is 0 Å². The summed E-state index contributed by atoms with van der Waals surface area (Å²) in [6.07, 6.45) is 0. The van der Waals surface area contributed by atoms with Crippen molar-refractivity contribution in [1.29, 1.82) is 0 Å². The van der Waals surface area contributed by atoms with Gasteiger partial charge >= 0.3 is 8.60 Å². The number of hydrogen-bond acceptors (Lipinski definition) is 3. The molecule has 0 saturated heterocycles. The molecule has 0 aliphatic heterocycles. The van der Waals surface area contributed by atoms with Gasteiger partial charge in [-0.3, -0.25) is 0 Å². The second kappa shape index (κ2) is 7.16. The Bertz CT molecular complexity index is 761. The number of benzene rings is 2. The highest BCUT2D eigenvalue weighted by atomic mass is 31.2. The molecular weight excluding hydrogens is 413 g/mol. The van der Waals surface area contributed by atoms with Crippen LogP contribution in [0.5, 0.6) is 11.5 Å². The zero-order chi connectivity index (χ0) is 19.9. The Kier molecular flexibility index (Phi) is 5.52. The maximum absolute atomic E-state index is 13.3. The number of hydrogen-bond donors (Lipinski definition) is 1. The van der Waals surface area contributed by atoms with Crippen molar-refractivity contribution < 1.29 is 57.8 Å². The van der Waals surface area contributed by atoms with E-state index in [0.717, 1.165) is 0 Å². The van der Waals surface area contributed by atoms with Gasteiger partial charge in [0.15, 0.2) is 0 Å². The quantitative estimate of drug-likeness (QED) is 0.340. The third-order valence-electron chi connectivity index (χ3n) is 2.68. The Balaban J connectivity index is 2.39. The molecule has 0 fully saturated rings. The van der Waals surface area contributed by atoms with Crippen molar-refractivity contribution in [2.45, 2.75) is 0 Å². The third kappa shape index (κ3) is 3.23. The van der Waals surface area contributed by atoms with E-state index in [4.69, 9.17) is 0 Å². The summed E-state index contributed by atoms with van der Waals surface area (Å²) in [5, 5.41) is 0. The van der Waals surface area contributed by atoms with Crippen LogP contribution in [-0.2, 0) is 0 Å². The van der Waals surface area contributed by atoms with Crippen molar-refractivity contribution >= 4 is 8.60 Å². The van der Waals surface area contributed by atoms with Gasteiger partial charge in [0, 0.05) is 0 Å². The first-order chi connectivity index (χ1) is 12.0. The first-order valence-corrected chi connectivity index (χ1v) is 6.99. The minimum absolute atomic E-state index is 2.10. The van der Waals surface area contributed by atoms with E-state index in [0.29, 0.717) is 0 Å². The second-order valence-electron chi connectivity index (χ2n) is 4.22. The van der Waals surface area contributed by atoms with Crippen LogP contribution in [-0.4, -0.2) is 4.89 Å². The smallest absolute Gasteiger partial charge is 0.411 e. The maximum atomic E-state index is 13.3. The molecule has 0 aliphatic rings. The molecule has 0 atom stereocenters. The van der Waals surface area contributed by atoms with E-state index in [1.54, 1.807) is 0 Å². The minimum Gasteiger partial charge on any atom is -0.411 e. The Hall–Kier alpha value is -2.27. The van der Waals surface area contributed by atoms with E-state index in [1.807, 2.05) is 0 Å². The van der Waals surface area contributed by atoms with E-state index in [9.17, 15) is 48.8 Å². The molecule has 14 heteroatoms. The molecule has 2 aromatic carbocycles. The van der Waals surface area contributed by atoms with E-state index < -0.39 is 78.3 Å². The highest BCUT2D eigenvalue weighted by Gasteiger charge is 2.33. The fourth-order valence-electron chi connectivity index (χ4n) is 1.50. The summed E-state index contributed by atoms with van der Waals surface area (Å²) >= 11 is 0. The molecule has 0 heterocycles. The molecule has 0 bridgehead atoms. The molecule has 0 radical (unpaired) electrons. The van der Waals surface area contributed by atoms with Gasteiger partial charge in [-0.05, 0) is 0 Å². The SMILES string of the molecule is OP(Oc1c(F)c(F)c(F)c(F)c1F)Oc1c(F)c(F)c(F)c(F)c1F. The first kappa shape index (κ1) is 20.0. The van der Waals surface area contributed by atoms with Crippen molar-refractivity contribution in [3.8, 4) is 11.5 Å². The maximum Gasteiger partial charge on any atom is 0.460 e. The fourth-order valence-corrected chi connectivity index (χ4v) is 2.17. The molecule has 0 amide bonds. The van der Waals surface area contributed by atoms with Crippen LogP contribution in [0.2, 0.25) is 0 Å². The number of rotatable bonds is 4. The standard InChI is InChI=1S/C12HF10O3P/c13-1-3(15)7(19)11(8(20)4(1)16)24-26(23)25-12-9(21)5(17)2(14)6(18)10(12)22/h23H. The molecule has 0 aromatic heterocycles. The van der Waals surface area contributed by atoms with Crippen LogP contribution < -0.4 is 9.05 Å². The summed E-state index contributed by atoms with van der Waals surface area (Å²) in [5.74, 6) is -29.6. The van der Waals surface area contributed by atoms with Gasteiger partial charge in [0.1, 0.15) is 0 Å². The van der Waals surface area contributed by atoms with Crippen LogP contribution in [0.25, 0.3) is 0 Å². The topological polar surface area (TPSA) is 38.7 Å². The third-order valence-corrected chi connectivity index (χ3v) is 3.36. The lowest BCUT2D eigenvalue weighted by atomic mass is 10.3. The van der Waals surface area contributed by atoms with Crippen LogP contribution in [0, 0.1) is 58.2 Å². The summed E-state index contributed by atoms with van der Waals surface area (Å²) in [4.78, 5) is 9.23. The first-order valence-electron chi connectivity index (χ1n) is 5.86. The van der Waals surface area contributed by atoms with Crippen molar-refractivity contribution in [3.05, 3.63) is 58.2 Å². The van der Waals surface area contributed by atoms with Crippen molar-refractivity contribution in [3.63, 3.8) is 0 Å². The average Bonchev–Trinajstić information content (AvgIpc) is 2.62. The zero-order valence-electron chi connectivity index (χ0n) is 11.5. The van der Waals surface area contributed by atoms with Crippen LogP contribution in [0.1, 0.15) is 0 Å². The van der Waals surface area contributed by atoms with Crippen LogP contribution in [0.4, 0.5) is 43.9 Å². The van der Waals surface area contributed by atoms with Gasteiger partial charge in [-0.2, -0.15) is 17.6 Å². The largest absolute Gasteiger partial charge is 0.460 e. The lowest BCUT2D eigenvalue weighted by molar-refractivity contribution is 0.304. The Morgan fingerprint density at radius 1 is 0.423 bits per heavy atom. The molecule has 0 unspecified atom stereocenters. The van der Waals surface area contributed by atoms with Gasteiger partial charge in [-0.15, -0.1) is 0 Å². The molecule has 1 N–H and O–H groups in total. The van der Waals surface area contributed by atoms with Gasteiger partial charge in [0.25, 0.3) is 0 Å². The molecule has 2 rings (SSSR count). The van der Waals surface area contributed by atoms with Gasteiger partial charge in [-0.25, -0.2) is 26.3 Å². The Labute approximate surface area is 137 Å². The van der Waals surface area contributed by atoms with Gasteiger partial charge < -0.3 is 13.9 Å². The van der Waals surface area contributed by atoms with Crippen molar-refractivity contribution in [2.75, 3.05) is 0 Å². The Morgan fingerprint density at radius 2 is 0.615 bits per heavy atom. The van der Waals surface area contributed by atoms with Gasteiger partial charge in [-0.1, -0.05) is 0 Å². The Morgan fingerprint density at radius 3 is 0.846 bits per heavy atom. The molecule has 0 saturated carbocycles. The second-order valence-corrected chi connectivity index (χ2v) is 5.06. The fraction of sp³-hybridized carbons (Fsp3) is 0. The summed E-state index contributed by atoms with van der Waals surface area (Å²) in [6, 6.07) is 0. The molecule has 26 heavy (non-hydrogen) atoms. The summed E-state index contributed by atoms with van der Waals surface area (Å²) in [5.41, 5.74) is 0. The van der Waals surface area contributed by atoms with Crippen LogP contribution >= 0.6 is 8.60 Å².